The average Bonchev–Trinajstić information content (AvgIpc) is 2.96. The molecule has 1 aliphatic rings. The van der Waals surface area contributed by atoms with Gasteiger partial charge in [-0.2, -0.15) is 0 Å². The summed E-state index contributed by atoms with van der Waals surface area (Å²) in [7, 11) is 0. The van der Waals surface area contributed by atoms with Gasteiger partial charge in [0.2, 0.25) is 0 Å². The highest BCUT2D eigenvalue weighted by atomic mass is 16.2. The number of nitrogens with one attached hydrogen (secondary N) is 2. The molecule has 2 aromatic heterocycles. The van der Waals surface area contributed by atoms with Crippen LogP contribution in [0.15, 0.2) is 30.7 Å². The van der Waals surface area contributed by atoms with Gasteiger partial charge >= 0.3 is 6.03 Å². The maximum Gasteiger partial charge on any atom is 0.315 e. The highest BCUT2D eigenvalue weighted by molar-refractivity contribution is 5.74. The molecule has 3 heterocycles. The van der Waals surface area contributed by atoms with E-state index in [-0.39, 0.29) is 6.03 Å². The van der Waals surface area contributed by atoms with Crippen LogP contribution in [-0.4, -0.2) is 51.1 Å². The van der Waals surface area contributed by atoms with Crippen LogP contribution >= 0.6 is 0 Å². The van der Waals surface area contributed by atoms with Crippen LogP contribution in [0.1, 0.15) is 50.9 Å². The SMILES string of the molecule is Cc1nccn1-c1ncccc1CNC(=O)NC[C@H](C(C)C)N1CCCCCC1. The number of pyridine rings is 1. The molecule has 2 amide bonds. The van der Waals surface area contributed by atoms with Crippen molar-refractivity contribution in [1.29, 1.82) is 0 Å². The molecule has 0 aliphatic carbocycles. The number of imidazole rings is 1. The summed E-state index contributed by atoms with van der Waals surface area (Å²) < 4.78 is 1.93. The van der Waals surface area contributed by atoms with Crippen molar-refractivity contribution in [2.75, 3.05) is 19.6 Å². The zero-order valence-electron chi connectivity index (χ0n) is 17.9. The van der Waals surface area contributed by atoms with Crippen molar-refractivity contribution in [3.05, 3.63) is 42.1 Å². The van der Waals surface area contributed by atoms with Crippen LogP contribution in [0.3, 0.4) is 0 Å². The summed E-state index contributed by atoms with van der Waals surface area (Å²) in [6.45, 7) is 9.78. The van der Waals surface area contributed by atoms with Gasteiger partial charge in [-0.15, -0.1) is 0 Å². The van der Waals surface area contributed by atoms with E-state index in [1.807, 2.05) is 29.8 Å². The second-order valence-corrected chi connectivity index (χ2v) is 8.16. The number of hydrogen-bond donors (Lipinski definition) is 2. The molecule has 3 rings (SSSR count). The van der Waals surface area contributed by atoms with Crippen molar-refractivity contribution in [1.82, 2.24) is 30.1 Å². The van der Waals surface area contributed by atoms with E-state index in [0.717, 1.165) is 30.3 Å². The smallest absolute Gasteiger partial charge is 0.315 e. The predicted molar refractivity (Wildman–Crippen MR) is 115 cm³/mol. The molecule has 0 radical (unpaired) electrons. The topological polar surface area (TPSA) is 75.1 Å². The van der Waals surface area contributed by atoms with Crippen molar-refractivity contribution in [2.24, 2.45) is 5.92 Å². The Labute approximate surface area is 173 Å². The van der Waals surface area contributed by atoms with Gasteiger partial charge in [0.05, 0.1) is 0 Å². The van der Waals surface area contributed by atoms with E-state index in [0.29, 0.717) is 25.0 Å². The normalized spacial score (nSPS) is 16.4. The molecule has 1 aliphatic heterocycles. The van der Waals surface area contributed by atoms with Crippen LogP contribution in [0, 0.1) is 12.8 Å². The third-order valence-corrected chi connectivity index (χ3v) is 5.71. The third-order valence-electron chi connectivity index (χ3n) is 5.71. The quantitative estimate of drug-likeness (QED) is 0.751. The number of amides is 2. The van der Waals surface area contributed by atoms with Crippen LogP contribution in [0.25, 0.3) is 5.82 Å². The number of urea groups is 1. The van der Waals surface area contributed by atoms with E-state index >= 15 is 0 Å². The van der Waals surface area contributed by atoms with Gasteiger partial charge in [-0.25, -0.2) is 14.8 Å². The molecule has 2 aromatic rings. The summed E-state index contributed by atoms with van der Waals surface area (Å²) in [6.07, 6.45) is 10.5. The van der Waals surface area contributed by atoms with Gasteiger partial charge < -0.3 is 10.6 Å². The minimum atomic E-state index is -0.136. The molecule has 0 saturated carbocycles. The van der Waals surface area contributed by atoms with E-state index in [1.165, 1.54) is 25.7 Å². The molecular formula is C22H34N6O. The van der Waals surface area contributed by atoms with E-state index < -0.39 is 0 Å². The first-order chi connectivity index (χ1) is 14.1. The number of likely N-dealkylation sites (tertiary alicyclic amines) is 1. The minimum absolute atomic E-state index is 0.136. The fourth-order valence-electron chi connectivity index (χ4n) is 4.04. The first-order valence-electron chi connectivity index (χ1n) is 10.8. The molecule has 1 atom stereocenters. The lowest BCUT2D eigenvalue weighted by Crippen LogP contribution is -2.49. The standard InChI is InChI=1S/C22H34N6O/c1-17(2)20(27-12-6-4-5-7-13-27)16-26-22(29)25-15-19-9-8-10-24-21(19)28-14-11-23-18(28)3/h8-11,14,17,20H,4-7,12-13,15-16H2,1-3H3,(H2,25,26,29)/t20-/m1/s1. The van der Waals surface area contributed by atoms with Crippen molar-refractivity contribution in [3.63, 3.8) is 0 Å². The lowest BCUT2D eigenvalue weighted by molar-refractivity contribution is 0.157. The average molecular weight is 399 g/mol. The van der Waals surface area contributed by atoms with E-state index in [4.69, 9.17) is 0 Å². The Morgan fingerprint density at radius 3 is 2.52 bits per heavy atom. The van der Waals surface area contributed by atoms with E-state index in [9.17, 15) is 4.79 Å². The highest BCUT2D eigenvalue weighted by Crippen LogP contribution is 2.17. The monoisotopic (exact) mass is 398 g/mol. The lowest BCUT2D eigenvalue weighted by Gasteiger charge is -2.33. The van der Waals surface area contributed by atoms with Crippen LogP contribution in [0.2, 0.25) is 0 Å². The zero-order valence-corrected chi connectivity index (χ0v) is 17.9. The highest BCUT2D eigenvalue weighted by Gasteiger charge is 2.23. The number of aryl methyl sites for hydroxylation is 1. The number of aromatic nitrogens is 3. The molecule has 0 spiro atoms. The Kier molecular flexibility index (Phi) is 7.63. The van der Waals surface area contributed by atoms with Gasteiger partial charge in [-0.1, -0.05) is 32.8 Å². The Morgan fingerprint density at radius 2 is 1.86 bits per heavy atom. The van der Waals surface area contributed by atoms with Gasteiger partial charge in [0.25, 0.3) is 0 Å². The molecule has 0 bridgehead atoms. The Morgan fingerprint density at radius 1 is 1.10 bits per heavy atom. The largest absolute Gasteiger partial charge is 0.337 e. The van der Waals surface area contributed by atoms with Gasteiger partial charge in [0.1, 0.15) is 11.6 Å². The molecule has 1 saturated heterocycles. The first kappa shape index (κ1) is 21.3. The van der Waals surface area contributed by atoms with Crippen molar-refractivity contribution >= 4 is 6.03 Å². The predicted octanol–water partition coefficient (Wildman–Crippen LogP) is 3.28. The van der Waals surface area contributed by atoms with Crippen molar-refractivity contribution < 1.29 is 4.79 Å². The Hall–Kier alpha value is -2.41. The van der Waals surface area contributed by atoms with Crippen molar-refractivity contribution in [3.8, 4) is 5.82 Å². The fourth-order valence-corrected chi connectivity index (χ4v) is 4.04. The third kappa shape index (κ3) is 5.79. The van der Waals surface area contributed by atoms with E-state index in [1.54, 1.807) is 12.4 Å². The number of hydrogen-bond acceptors (Lipinski definition) is 4. The Bertz CT molecular complexity index is 779. The lowest BCUT2D eigenvalue weighted by atomic mass is 10.0. The fraction of sp³-hybridized carbons (Fsp3) is 0.591. The van der Waals surface area contributed by atoms with E-state index in [2.05, 4.69) is 39.3 Å². The maximum absolute atomic E-state index is 12.5. The number of carbonyl (C=O) groups excluding carboxylic acids is 1. The first-order valence-corrected chi connectivity index (χ1v) is 10.8. The molecule has 1 fully saturated rings. The van der Waals surface area contributed by atoms with Gasteiger partial charge in [-0.3, -0.25) is 9.47 Å². The molecule has 7 heteroatoms. The minimum Gasteiger partial charge on any atom is -0.337 e. The van der Waals surface area contributed by atoms with Gasteiger partial charge in [-0.05, 0) is 44.8 Å². The second-order valence-electron chi connectivity index (χ2n) is 8.16. The summed E-state index contributed by atoms with van der Waals surface area (Å²) in [4.78, 5) is 23.8. The van der Waals surface area contributed by atoms with Crippen molar-refractivity contribution in [2.45, 2.75) is 59.0 Å². The maximum atomic E-state index is 12.5. The van der Waals surface area contributed by atoms with Crippen LogP contribution in [0.4, 0.5) is 4.79 Å². The zero-order chi connectivity index (χ0) is 20.6. The summed E-state index contributed by atoms with van der Waals surface area (Å²) in [5.74, 6) is 2.17. The molecule has 2 N–H and O–H groups in total. The Balaban J connectivity index is 1.55. The molecule has 7 nitrogen and oxygen atoms in total. The molecule has 29 heavy (non-hydrogen) atoms. The number of rotatable bonds is 7. The molecule has 0 unspecified atom stereocenters. The molecule has 0 aromatic carbocycles. The van der Waals surface area contributed by atoms with Gasteiger partial charge in [0.15, 0.2) is 0 Å². The summed E-state index contributed by atoms with van der Waals surface area (Å²) >= 11 is 0. The van der Waals surface area contributed by atoms with Crippen LogP contribution in [0.5, 0.6) is 0 Å². The summed E-state index contributed by atoms with van der Waals surface area (Å²) in [6, 6.07) is 4.11. The second kappa shape index (κ2) is 10.4. The summed E-state index contributed by atoms with van der Waals surface area (Å²) in [5.41, 5.74) is 0.955. The molecule has 158 valence electrons. The number of carbonyl (C=O) groups is 1. The van der Waals surface area contributed by atoms with Crippen LogP contribution < -0.4 is 10.6 Å². The summed E-state index contributed by atoms with van der Waals surface area (Å²) in [5, 5.41) is 6.07. The number of nitrogens with zero attached hydrogens (tertiary/aromatic N) is 4. The molecular weight excluding hydrogens is 364 g/mol. The van der Waals surface area contributed by atoms with Crippen LogP contribution in [-0.2, 0) is 6.54 Å². The van der Waals surface area contributed by atoms with Gasteiger partial charge in [0, 0.05) is 43.3 Å².